The molecule has 0 bridgehead atoms. The normalized spacial score (nSPS) is 18.9. The lowest BCUT2D eigenvalue weighted by Crippen LogP contribution is -2.48. The van der Waals surface area contributed by atoms with E-state index in [2.05, 4.69) is 15.5 Å². The minimum atomic E-state index is -0.932. The molecule has 2 rings (SSSR count). The van der Waals surface area contributed by atoms with Gasteiger partial charge >= 0.3 is 12.0 Å². The van der Waals surface area contributed by atoms with Crippen molar-refractivity contribution < 1.29 is 19.4 Å². The van der Waals surface area contributed by atoms with E-state index in [0.717, 1.165) is 5.69 Å². The highest BCUT2D eigenvalue weighted by Crippen LogP contribution is 2.17. The third-order valence-corrected chi connectivity index (χ3v) is 3.19. The number of morpholine rings is 1. The zero-order valence-electron chi connectivity index (χ0n) is 11.5. The molecule has 110 valence electrons. The number of H-pyrrole nitrogens is 1. The van der Waals surface area contributed by atoms with Gasteiger partial charge in [-0.25, -0.2) is 4.79 Å². The van der Waals surface area contributed by atoms with Gasteiger partial charge in [0.25, 0.3) is 0 Å². The summed E-state index contributed by atoms with van der Waals surface area (Å²) in [7, 11) is 0. The van der Waals surface area contributed by atoms with Gasteiger partial charge in [-0.05, 0) is 13.8 Å². The number of urea groups is 1. The molecule has 1 aromatic heterocycles. The number of nitrogens with zero attached hydrogens (tertiary/aromatic N) is 2. The SMILES string of the molecule is Cc1n[nH]c(C)c1NC(=O)N1CCOC(CC(=O)O)C1. The van der Waals surface area contributed by atoms with Crippen molar-refractivity contribution in [1.82, 2.24) is 15.1 Å². The fraction of sp³-hybridized carbons (Fsp3) is 0.583. The number of aromatic nitrogens is 2. The molecule has 0 saturated carbocycles. The predicted octanol–water partition coefficient (Wildman–Crippen LogP) is 0.734. The van der Waals surface area contributed by atoms with Crippen LogP contribution in [0.5, 0.6) is 0 Å². The molecule has 2 heterocycles. The van der Waals surface area contributed by atoms with Crippen LogP contribution in [0.4, 0.5) is 10.5 Å². The molecule has 1 atom stereocenters. The highest BCUT2D eigenvalue weighted by atomic mass is 16.5. The number of carboxylic acid groups (broad SMARTS) is 1. The standard InChI is InChI=1S/C12H18N4O4/c1-7-11(8(2)15-14-7)13-12(19)16-3-4-20-9(6-16)5-10(17)18/h9H,3-6H2,1-2H3,(H,13,19)(H,14,15)(H,17,18). The van der Waals surface area contributed by atoms with Crippen molar-refractivity contribution in [3.63, 3.8) is 0 Å². The minimum Gasteiger partial charge on any atom is -0.481 e. The molecule has 1 unspecified atom stereocenters. The molecule has 2 amide bonds. The summed E-state index contributed by atoms with van der Waals surface area (Å²) in [4.78, 5) is 24.4. The van der Waals surface area contributed by atoms with Crippen molar-refractivity contribution in [2.75, 3.05) is 25.0 Å². The van der Waals surface area contributed by atoms with Gasteiger partial charge in [0.2, 0.25) is 0 Å². The Morgan fingerprint density at radius 2 is 2.30 bits per heavy atom. The van der Waals surface area contributed by atoms with Crippen molar-refractivity contribution in [2.24, 2.45) is 0 Å². The van der Waals surface area contributed by atoms with Crippen LogP contribution in [0, 0.1) is 13.8 Å². The molecule has 0 spiro atoms. The van der Waals surface area contributed by atoms with Crippen LogP contribution in [0.1, 0.15) is 17.8 Å². The molecule has 1 aliphatic rings. The number of amides is 2. The molecule has 8 nitrogen and oxygen atoms in total. The quantitative estimate of drug-likeness (QED) is 0.757. The summed E-state index contributed by atoms with van der Waals surface area (Å²) in [5.41, 5.74) is 2.16. The number of hydrogen-bond donors (Lipinski definition) is 3. The van der Waals surface area contributed by atoms with Crippen LogP contribution >= 0.6 is 0 Å². The van der Waals surface area contributed by atoms with Gasteiger partial charge in [0.1, 0.15) is 0 Å². The second-order valence-electron chi connectivity index (χ2n) is 4.78. The van der Waals surface area contributed by atoms with E-state index < -0.39 is 12.1 Å². The molecule has 0 aliphatic carbocycles. The highest BCUT2D eigenvalue weighted by molar-refractivity contribution is 5.90. The molecule has 0 radical (unpaired) electrons. The summed E-state index contributed by atoms with van der Waals surface area (Å²) in [5.74, 6) is -0.932. The summed E-state index contributed by atoms with van der Waals surface area (Å²) < 4.78 is 5.33. The lowest BCUT2D eigenvalue weighted by Gasteiger charge is -2.32. The maximum Gasteiger partial charge on any atom is 0.322 e. The molecular formula is C12H18N4O4. The second kappa shape index (κ2) is 5.91. The molecule has 20 heavy (non-hydrogen) atoms. The van der Waals surface area contributed by atoms with Gasteiger partial charge in [-0.15, -0.1) is 0 Å². The summed E-state index contributed by atoms with van der Waals surface area (Å²) >= 11 is 0. The van der Waals surface area contributed by atoms with Gasteiger partial charge in [0, 0.05) is 13.1 Å². The average molecular weight is 282 g/mol. The summed E-state index contributed by atoms with van der Waals surface area (Å²) in [6.45, 7) is 4.68. The van der Waals surface area contributed by atoms with E-state index in [1.54, 1.807) is 11.8 Å². The van der Waals surface area contributed by atoms with E-state index in [0.29, 0.717) is 24.5 Å². The van der Waals surface area contributed by atoms with Crippen LogP contribution in [0.15, 0.2) is 0 Å². The Kier molecular flexibility index (Phi) is 4.23. The van der Waals surface area contributed by atoms with Crippen molar-refractivity contribution in [1.29, 1.82) is 0 Å². The number of hydrogen-bond acceptors (Lipinski definition) is 4. The second-order valence-corrected chi connectivity index (χ2v) is 4.78. The number of aliphatic carboxylic acids is 1. The van der Waals surface area contributed by atoms with Gasteiger partial charge < -0.3 is 20.1 Å². The van der Waals surface area contributed by atoms with Gasteiger partial charge in [0.05, 0.1) is 36.2 Å². The average Bonchev–Trinajstić information content (AvgIpc) is 2.70. The van der Waals surface area contributed by atoms with E-state index in [-0.39, 0.29) is 19.0 Å². The van der Waals surface area contributed by atoms with Crippen LogP contribution < -0.4 is 5.32 Å². The van der Waals surface area contributed by atoms with Crippen LogP contribution in [-0.2, 0) is 9.53 Å². The van der Waals surface area contributed by atoms with Crippen LogP contribution in [-0.4, -0.2) is 58.0 Å². The smallest absolute Gasteiger partial charge is 0.322 e. The molecular weight excluding hydrogens is 264 g/mol. The molecule has 0 aromatic carbocycles. The van der Waals surface area contributed by atoms with Crippen molar-refractivity contribution >= 4 is 17.7 Å². The van der Waals surface area contributed by atoms with E-state index in [1.807, 2.05) is 6.92 Å². The minimum absolute atomic E-state index is 0.104. The fourth-order valence-electron chi connectivity index (χ4n) is 2.14. The number of nitrogens with one attached hydrogen (secondary N) is 2. The number of aromatic amines is 1. The number of carboxylic acids is 1. The van der Waals surface area contributed by atoms with Crippen LogP contribution in [0.25, 0.3) is 0 Å². The Labute approximate surface area is 116 Å². The first-order valence-electron chi connectivity index (χ1n) is 6.38. The first-order chi connectivity index (χ1) is 9.47. The third-order valence-electron chi connectivity index (χ3n) is 3.19. The lowest BCUT2D eigenvalue weighted by molar-refractivity contribution is -0.141. The number of aryl methyl sites for hydroxylation is 2. The molecule has 1 aromatic rings. The first kappa shape index (κ1) is 14.3. The monoisotopic (exact) mass is 282 g/mol. The van der Waals surface area contributed by atoms with Crippen molar-refractivity contribution in [3.8, 4) is 0 Å². The maximum absolute atomic E-state index is 12.2. The Bertz CT molecular complexity index is 494. The van der Waals surface area contributed by atoms with Crippen LogP contribution in [0.3, 0.4) is 0 Å². The van der Waals surface area contributed by atoms with Crippen molar-refractivity contribution in [2.45, 2.75) is 26.4 Å². The number of rotatable bonds is 3. The van der Waals surface area contributed by atoms with Crippen molar-refractivity contribution in [3.05, 3.63) is 11.4 Å². The number of ether oxygens (including phenoxy) is 1. The predicted molar refractivity (Wildman–Crippen MR) is 70.6 cm³/mol. The summed E-state index contributed by atoms with van der Waals surface area (Å²) in [6, 6.07) is -0.267. The molecule has 1 fully saturated rings. The van der Waals surface area contributed by atoms with Crippen LogP contribution in [0.2, 0.25) is 0 Å². The zero-order valence-corrected chi connectivity index (χ0v) is 11.5. The third kappa shape index (κ3) is 3.27. The number of anilines is 1. The number of carbonyl (C=O) groups excluding carboxylic acids is 1. The van der Waals surface area contributed by atoms with Gasteiger partial charge in [-0.1, -0.05) is 0 Å². The number of carbonyl (C=O) groups is 2. The molecule has 8 heteroatoms. The Hall–Kier alpha value is -2.09. The topological polar surface area (TPSA) is 108 Å². The molecule has 1 aliphatic heterocycles. The summed E-state index contributed by atoms with van der Waals surface area (Å²) in [5, 5.41) is 18.4. The van der Waals surface area contributed by atoms with E-state index in [4.69, 9.17) is 9.84 Å². The first-order valence-corrected chi connectivity index (χ1v) is 6.38. The highest BCUT2D eigenvalue weighted by Gasteiger charge is 2.26. The van der Waals surface area contributed by atoms with E-state index in [1.165, 1.54) is 0 Å². The van der Waals surface area contributed by atoms with Gasteiger partial charge in [-0.3, -0.25) is 9.89 Å². The van der Waals surface area contributed by atoms with Gasteiger partial charge in [0.15, 0.2) is 0 Å². The molecule has 3 N–H and O–H groups in total. The van der Waals surface area contributed by atoms with E-state index in [9.17, 15) is 9.59 Å². The Morgan fingerprint density at radius 1 is 1.55 bits per heavy atom. The maximum atomic E-state index is 12.2. The fourth-order valence-corrected chi connectivity index (χ4v) is 2.14. The Morgan fingerprint density at radius 3 is 2.90 bits per heavy atom. The summed E-state index contributed by atoms with van der Waals surface area (Å²) in [6.07, 6.45) is -0.563. The lowest BCUT2D eigenvalue weighted by atomic mass is 10.2. The van der Waals surface area contributed by atoms with E-state index >= 15 is 0 Å². The van der Waals surface area contributed by atoms with Gasteiger partial charge in [-0.2, -0.15) is 5.10 Å². The largest absolute Gasteiger partial charge is 0.481 e. The Balaban J connectivity index is 1.97. The molecule has 1 saturated heterocycles. The zero-order chi connectivity index (χ0) is 14.7.